The first-order valence-electron chi connectivity index (χ1n) is 6.12. The molecule has 2 rings (SSSR count). The largest absolute Gasteiger partial charge is 0.386 e. The molecule has 0 spiro atoms. The zero-order chi connectivity index (χ0) is 14.0. The molecule has 0 bridgehead atoms. The molecule has 5 heteroatoms. The summed E-state index contributed by atoms with van der Waals surface area (Å²) in [6.07, 6.45) is 2.78. The molecule has 1 aromatic carbocycles. The van der Waals surface area contributed by atoms with Crippen LogP contribution in [-0.4, -0.2) is 14.7 Å². The van der Waals surface area contributed by atoms with Gasteiger partial charge in [-0.2, -0.15) is 0 Å². The van der Waals surface area contributed by atoms with Crippen LogP contribution in [0, 0.1) is 5.82 Å². The second kappa shape index (κ2) is 5.84. The van der Waals surface area contributed by atoms with Gasteiger partial charge in [0.15, 0.2) is 0 Å². The maximum absolute atomic E-state index is 13.7. The minimum Gasteiger partial charge on any atom is -0.386 e. The Balaban J connectivity index is 2.21. The summed E-state index contributed by atoms with van der Waals surface area (Å²) in [5.41, 5.74) is 1.20. The molecule has 19 heavy (non-hydrogen) atoms. The Kier molecular flexibility index (Phi) is 4.37. The Labute approximate surface area is 120 Å². The number of imidazole rings is 1. The fourth-order valence-corrected chi connectivity index (χ4v) is 2.34. The lowest BCUT2D eigenvalue weighted by Crippen LogP contribution is -2.11. The Bertz CT molecular complexity index is 568. The van der Waals surface area contributed by atoms with E-state index < -0.39 is 6.10 Å². The lowest BCUT2D eigenvalue weighted by Gasteiger charge is -2.16. The molecule has 102 valence electrons. The summed E-state index contributed by atoms with van der Waals surface area (Å²) < 4.78 is 16.3. The van der Waals surface area contributed by atoms with Crippen molar-refractivity contribution in [1.82, 2.24) is 9.55 Å². The third-order valence-electron chi connectivity index (χ3n) is 3.02. The average Bonchev–Trinajstić information content (AvgIpc) is 2.82. The van der Waals surface area contributed by atoms with Gasteiger partial charge in [0.25, 0.3) is 0 Å². The SMILES string of the molecule is CC(C)n1cncc1C(O)Cc1ccc(Br)cc1F. The molecule has 1 atom stereocenters. The predicted octanol–water partition coefficient (Wildman–Crippen LogP) is 3.64. The van der Waals surface area contributed by atoms with Crippen LogP contribution in [0.3, 0.4) is 0 Å². The molecule has 0 aliphatic rings. The lowest BCUT2D eigenvalue weighted by molar-refractivity contribution is 0.166. The van der Waals surface area contributed by atoms with Gasteiger partial charge >= 0.3 is 0 Å². The molecule has 0 saturated heterocycles. The molecule has 1 unspecified atom stereocenters. The van der Waals surface area contributed by atoms with E-state index in [9.17, 15) is 9.50 Å². The van der Waals surface area contributed by atoms with Gasteiger partial charge in [-0.3, -0.25) is 0 Å². The molecule has 2 aromatic rings. The molecule has 0 saturated carbocycles. The summed E-state index contributed by atoms with van der Waals surface area (Å²) in [4.78, 5) is 4.04. The summed E-state index contributed by atoms with van der Waals surface area (Å²) in [5, 5.41) is 10.2. The molecule has 0 fully saturated rings. The fourth-order valence-electron chi connectivity index (χ4n) is 2.00. The molecule has 0 radical (unpaired) electrons. The third-order valence-corrected chi connectivity index (χ3v) is 3.52. The Morgan fingerprint density at radius 2 is 2.16 bits per heavy atom. The van der Waals surface area contributed by atoms with Gasteiger partial charge in [0.05, 0.1) is 24.3 Å². The summed E-state index contributed by atoms with van der Waals surface area (Å²) in [5.74, 6) is -0.316. The van der Waals surface area contributed by atoms with Crippen molar-refractivity contribution in [3.8, 4) is 0 Å². The highest BCUT2D eigenvalue weighted by Gasteiger charge is 2.17. The number of rotatable bonds is 4. The first-order chi connectivity index (χ1) is 8.99. The number of hydrogen-bond donors (Lipinski definition) is 1. The Morgan fingerprint density at radius 3 is 2.79 bits per heavy atom. The van der Waals surface area contributed by atoms with Crippen LogP contribution >= 0.6 is 15.9 Å². The number of hydrogen-bond acceptors (Lipinski definition) is 2. The molecule has 0 amide bonds. The lowest BCUT2D eigenvalue weighted by atomic mass is 10.1. The van der Waals surface area contributed by atoms with Gasteiger partial charge in [-0.05, 0) is 31.5 Å². The molecule has 3 nitrogen and oxygen atoms in total. The standard InChI is InChI=1S/C14H16BrFN2O/c1-9(2)18-8-17-7-13(18)14(19)5-10-3-4-11(15)6-12(10)16/h3-4,6-9,14,19H,5H2,1-2H3. The summed E-state index contributed by atoms with van der Waals surface area (Å²) in [6, 6.07) is 5.06. The van der Waals surface area contributed by atoms with Crippen LogP contribution in [0.2, 0.25) is 0 Å². The van der Waals surface area contributed by atoms with Crippen molar-refractivity contribution in [3.63, 3.8) is 0 Å². The van der Waals surface area contributed by atoms with Crippen LogP contribution in [0.15, 0.2) is 35.2 Å². The maximum atomic E-state index is 13.7. The number of aliphatic hydroxyl groups is 1. The second-order valence-electron chi connectivity index (χ2n) is 4.78. The molecule has 0 aliphatic carbocycles. The zero-order valence-electron chi connectivity index (χ0n) is 10.8. The smallest absolute Gasteiger partial charge is 0.127 e. The van der Waals surface area contributed by atoms with E-state index >= 15 is 0 Å². The summed E-state index contributed by atoms with van der Waals surface area (Å²) in [6.45, 7) is 4.02. The van der Waals surface area contributed by atoms with Crippen molar-refractivity contribution in [1.29, 1.82) is 0 Å². The third kappa shape index (κ3) is 3.22. The van der Waals surface area contributed by atoms with Crippen LogP contribution in [0.5, 0.6) is 0 Å². The van der Waals surface area contributed by atoms with E-state index in [0.29, 0.717) is 15.7 Å². The van der Waals surface area contributed by atoms with E-state index in [-0.39, 0.29) is 18.3 Å². The van der Waals surface area contributed by atoms with Gasteiger partial charge < -0.3 is 9.67 Å². The van der Waals surface area contributed by atoms with Gasteiger partial charge in [-0.1, -0.05) is 22.0 Å². The number of aliphatic hydroxyl groups excluding tert-OH is 1. The van der Waals surface area contributed by atoms with Crippen LogP contribution in [0.25, 0.3) is 0 Å². The quantitative estimate of drug-likeness (QED) is 0.931. The van der Waals surface area contributed by atoms with Crippen LogP contribution in [-0.2, 0) is 6.42 Å². The van der Waals surface area contributed by atoms with Crippen molar-refractivity contribution >= 4 is 15.9 Å². The molecule has 1 N–H and O–H groups in total. The van der Waals surface area contributed by atoms with Crippen LogP contribution < -0.4 is 0 Å². The first-order valence-corrected chi connectivity index (χ1v) is 6.92. The van der Waals surface area contributed by atoms with Gasteiger partial charge in [-0.25, -0.2) is 9.37 Å². The van der Waals surface area contributed by atoms with E-state index in [2.05, 4.69) is 20.9 Å². The topological polar surface area (TPSA) is 38.0 Å². The van der Waals surface area contributed by atoms with Gasteiger partial charge in [0.2, 0.25) is 0 Å². The van der Waals surface area contributed by atoms with E-state index in [0.717, 1.165) is 0 Å². The second-order valence-corrected chi connectivity index (χ2v) is 5.69. The highest BCUT2D eigenvalue weighted by atomic mass is 79.9. The fraction of sp³-hybridized carbons (Fsp3) is 0.357. The highest BCUT2D eigenvalue weighted by molar-refractivity contribution is 9.10. The van der Waals surface area contributed by atoms with Gasteiger partial charge in [0.1, 0.15) is 5.82 Å². The number of halogens is 2. The number of aromatic nitrogens is 2. The molecule has 1 aromatic heterocycles. The van der Waals surface area contributed by atoms with Crippen molar-refractivity contribution in [2.75, 3.05) is 0 Å². The Hall–Kier alpha value is -1.20. The monoisotopic (exact) mass is 326 g/mol. The zero-order valence-corrected chi connectivity index (χ0v) is 12.4. The predicted molar refractivity (Wildman–Crippen MR) is 75.4 cm³/mol. The Morgan fingerprint density at radius 1 is 1.42 bits per heavy atom. The first kappa shape index (κ1) is 14.2. The van der Waals surface area contributed by atoms with E-state index in [1.807, 2.05) is 18.4 Å². The molecule has 1 heterocycles. The van der Waals surface area contributed by atoms with E-state index in [4.69, 9.17) is 0 Å². The number of nitrogens with zero attached hydrogens (tertiary/aromatic N) is 2. The molecular weight excluding hydrogens is 311 g/mol. The van der Waals surface area contributed by atoms with E-state index in [1.54, 1.807) is 24.7 Å². The highest BCUT2D eigenvalue weighted by Crippen LogP contribution is 2.23. The average molecular weight is 327 g/mol. The van der Waals surface area contributed by atoms with Crippen molar-refractivity contribution in [2.24, 2.45) is 0 Å². The summed E-state index contributed by atoms with van der Waals surface area (Å²) >= 11 is 3.22. The van der Waals surface area contributed by atoms with Crippen molar-refractivity contribution in [3.05, 3.63) is 52.3 Å². The molecule has 0 aliphatic heterocycles. The minimum absolute atomic E-state index is 0.210. The van der Waals surface area contributed by atoms with Crippen molar-refractivity contribution in [2.45, 2.75) is 32.4 Å². The van der Waals surface area contributed by atoms with Gasteiger partial charge in [-0.15, -0.1) is 0 Å². The number of benzene rings is 1. The van der Waals surface area contributed by atoms with Gasteiger partial charge in [0, 0.05) is 16.9 Å². The summed E-state index contributed by atoms with van der Waals surface area (Å²) in [7, 11) is 0. The van der Waals surface area contributed by atoms with Crippen LogP contribution in [0.4, 0.5) is 4.39 Å². The maximum Gasteiger partial charge on any atom is 0.127 e. The minimum atomic E-state index is -0.763. The normalized spacial score (nSPS) is 12.9. The molecular formula is C14H16BrFN2O. The van der Waals surface area contributed by atoms with Crippen molar-refractivity contribution < 1.29 is 9.50 Å². The van der Waals surface area contributed by atoms with Crippen LogP contribution in [0.1, 0.15) is 37.3 Å². The van der Waals surface area contributed by atoms with E-state index in [1.165, 1.54) is 6.07 Å².